The first-order chi connectivity index (χ1) is 12.3. The predicted octanol–water partition coefficient (Wildman–Crippen LogP) is 1.70. The number of aromatic nitrogens is 2. The smallest absolute Gasteiger partial charge is 0.409 e. The Labute approximate surface area is 152 Å². The zero-order chi connectivity index (χ0) is 18.9. The number of oxime groups is 1. The fourth-order valence-corrected chi connectivity index (χ4v) is 4.47. The van der Waals surface area contributed by atoms with Crippen molar-refractivity contribution in [3.8, 4) is 0 Å². The molecule has 1 aromatic heterocycles. The molecule has 2 N–H and O–H groups in total. The third-order valence-corrected chi connectivity index (χ3v) is 5.58. The molecule has 0 saturated carbocycles. The molecular formula is C14H13ClN4O6S. The molecule has 1 aliphatic heterocycles. The van der Waals surface area contributed by atoms with Crippen LogP contribution in [0.2, 0.25) is 5.15 Å². The number of para-hydroxylation sites is 1. The van der Waals surface area contributed by atoms with Gasteiger partial charge in [0.2, 0.25) is 9.84 Å². The van der Waals surface area contributed by atoms with Crippen LogP contribution in [0.5, 0.6) is 0 Å². The van der Waals surface area contributed by atoms with Gasteiger partial charge in [-0.05, 0) is 17.3 Å². The summed E-state index contributed by atoms with van der Waals surface area (Å²) in [6.07, 6.45) is -1.40. The Kier molecular flexibility index (Phi) is 4.74. The number of carboxylic acid groups (broad SMARTS) is 1. The lowest BCUT2D eigenvalue weighted by atomic mass is 10.3. The highest BCUT2D eigenvalue weighted by atomic mass is 35.5. The van der Waals surface area contributed by atoms with E-state index in [1.807, 2.05) is 0 Å². The van der Waals surface area contributed by atoms with E-state index in [0.717, 1.165) is 4.68 Å². The third-order valence-electron chi connectivity index (χ3n) is 3.40. The van der Waals surface area contributed by atoms with Crippen molar-refractivity contribution in [3.63, 3.8) is 0 Å². The average Bonchev–Trinajstić information content (AvgIpc) is 2.90. The van der Waals surface area contributed by atoms with Crippen molar-refractivity contribution in [1.29, 1.82) is 0 Å². The molecule has 0 saturated heterocycles. The summed E-state index contributed by atoms with van der Waals surface area (Å²) in [4.78, 5) is 15.6. The van der Waals surface area contributed by atoms with Gasteiger partial charge < -0.3 is 14.7 Å². The largest absolute Gasteiger partial charge is 0.471 e. The number of nitrogens with one attached hydrogen (secondary N) is 1. The van der Waals surface area contributed by atoms with Gasteiger partial charge in [-0.1, -0.05) is 23.7 Å². The first-order valence-electron chi connectivity index (χ1n) is 7.22. The number of carbonyl (C=O) groups is 1. The number of hydrogen-bond acceptors (Lipinski definition) is 7. The van der Waals surface area contributed by atoms with E-state index in [9.17, 15) is 13.2 Å². The van der Waals surface area contributed by atoms with Crippen LogP contribution in [0, 0.1) is 0 Å². The zero-order valence-corrected chi connectivity index (χ0v) is 14.9. The molecule has 0 aliphatic carbocycles. The maximum atomic E-state index is 13.2. The van der Waals surface area contributed by atoms with Crippen molar-refractivity contribution in [2.75, 3.05) is 18.5 Å². The number of hydrogen-bond donors (Lipinski definition) is 2. The Morgan fingerprint density at radius 3 is 2.73 bits per heavy atom. The third kappa shape index (κ3) is 3.18. The van der Waals surface area contributed by atoms with Crippen LogP contribution in [0.1, 0.15) is 5.56 Å². The molecule has 0 atom stereocenters. The highest BCUT2D eigenvalue weighted by Crippen LogP contribution is 2.33. The lowest BCUT2D eigenvalue weighted by molar-refractivity contribution is 0.0653. The van der Waals surface area contributed by atoms with E-state index in [0.29, 0.717) is 0 Å². The molecule has 1 amide bonds. The maximum absolute atomic E-state index is 13.2. The van der Waals surface area contributed by atoms with E-state index in [1.165, 1.54) is 31.3 Å². The number of nitrogens with zero attached hydrogens (tertiary/aromatic N) is 3. The van der Waals surface area contributed by atoms with Crippen LogP contribution in [0.25, 0.3) is 0 Å². The van der Waals surface area contributed by atoms with Crippen molar-refractivity contribution in [2.45, 2.75) is 9.92 Å². The Bertz CT molecular complexity index is 1000. The molecular weight excluding hydrogens is 388 g/mol. The van der Waals surface area contributed by atoms with E-state index in [4.69, 9.17) is 26.3 Å². The van der Waals surface area contributed by atoms with Gasteiger partial charge >= 0.3 is 6.09 Å². The van der Waals surface area contributed by atoms with Gasteiger partial charge in [0.05, 0.1) is 10.6 Å². The lowest BCUT2D eigenvalue weighted by Crippen LogP contribution is -2.21. The van der Waals surface area contributed by atoms with Crippen LogP contribution in [0.4, 0.5) is 10.5 Å². The summed E-state index contributed by atoms with van der Waals surface area (Å²) >= 11 is 6.08. The highest BCUT2D eigenvalue weighted by Gasteiger charge is 2.34. The summed E-state index contributed by atoms with van der Waals surface area (Å²) in [6, 6.07) is 5.57. The predicted molar refractivity (Wildman–Crippen MR) is 90.2 cm³/mol. The molecule has 138 valence electrons. The van der Waals surface area contributed by atoms with E-state index in [2.05, 4.69) is 15.6 Å². The van der Waals surface area contributed by atoms with Crippen LogP contribution in [0.3, 0.4) is 0 Å². The first-order valence-corrected chi connectivity index (χ1v) is 9.08. The van der Waals surface area contributed by atoms with Gasteiger partial charge in [-0.2, -0.15) is 5.10 Å². The minimum absolute atomic E-state index is 0.0565. The molecule has 1 aromatic carbocycles. The van der Waals surface area contributed by atoms with E-state index < -0.39 is 15.9 Å². The number of amides is 1. The summed E-state index contributed by atoms with van der Waals surface area (Å²) in [5, 5.41) is 18.2. The standard InChI is InChI=1S/C14H13ClN4O6S/c1-19-13(10(11(15)17-19)12-18-25-7-6-24-12)26(22,23)9-5-3-2-4-8(9)16-14(20)21/h2-5,16H,6-7H2,1H3,(H,20,21). The first kappa shape index (κ1) is 18.0. The molecule has 12 heteroatoms. The summed E-state index contributed by atoms with van der Waals surface area (Å²) in [5.74, 6) is -0.114. The molecule has 0 bridgehead atoms. The molecule has 0 spiro atoms. The summed E-state index contributed by atoms with van der Waals surface area (Å²) in [7, 11) is -2.84. The number of halogens is 1. The van der Waals surface area contributed by atoms with Crippen LogP contribution in [0.15, 0.2) is 39.3 Å². The van der Waals surface area contributed by atoms with Crippen molar-refractivity contribution in [1.82, 2.24) is 9.78 Å². The normalized spacial score (nSPS) is 14.2. The molecule has 1 aliphatic rings. The summed E-state index contributed by atoms with van der Waals surface area (Å²) in [6.45, 7) is 0.384. The van der Waals surface area contributed by atoms with Crippen molar-refractivity contribution >= 4 is 39.1 Å². The number of rotatable bonds is 4. The number of ether oxygens (including phenoxy) is 1. The van der Waals surface area contributed by atoms with Gasteiger partial charge in [-0.15, -0.1) is 0 Å². The van der Waals surface area contributed by atoms with Crippen LogP contribution in [-0.4, -0.2) is 48.5 Å². The molecule has 3 rings (SSSR count). The average molecular weight is 401 g/mol. The fourth-order valence-electron chi connectivity index (χ4n) is 2.41. The molecule has 0 radical (unpaired) electrons. The number of anilines is 1. The fraction of sp³-hybridized carbons (Fsp3) is 0.214. The summed E-state index contributed by atoms with van der Waals surface area (Å²) < 4.78 is 32.9. The van der Waals surface area contributed by atoms with Gasteiger partial charge in [-0.3, -0.25) is 10.00 Å². The molecule has 10 nitrogen and oxygen atoms in total. The van der Waals surface area contributed by atoms with Crippen molar-refractivity contribution in [3.05, 3.63) is 35.0 Å². The minimum atomic E-state index is -4.23. The highest BCUT2D eigenvalue weighted by molar-refractivity contribution is 7.91. The molecule has 0 fully saturated rings. The maximum Gasteiger partial charge on any atom is 0.409 e. The Hall–Kier alpha value is -2.79. The number of sulfone groups is 1. The zero-order valence-electron chi connectivity index (χ0n) is 13.3. The SMILES string of the molecule is Cn1nc(Cl)c(C2=NOCCO2)c1S(=O)(=O)c1ccccc1NC(=O)O. The monoisotopic (exact) mass is 400 g/mol. The van der Waals surface area contributed by atoms with Gasteiger partial charge in [0.25, 0.3) is 5.90 Å². The second kappa shape index (κ2) is 6.84. The Morgan fingerprint density at radius 2 is 2.08 bits per heavy atom. The lowest BCUT2D eigenvalue weighted by Gasteiger charge is -2.15. The molecule has 0 unspecified atom stereocenters. The topological polar surface area (TPSA) is 132 Å². The molecule has 2 heterocycles. The van der Waals surface area contributed by atoms with Gasteiger partial charge in [0.15, 0.2) is 16.8 Å². The molecule has 26 heavy (non-hydrogen) atoms. The molecule has 2 aromatic rings. The van der Waals surface area contributed by atoms with Crippen molar-refractivity contribution in [2.24, 2.45) is 12.2 Å². The van der Waals surface area contributed by atoms with E-state index in [-0.39, 0.29) is 45.4 Å². The van der Waals surface area contributed by atoms with Crippen molar-refractivity contribution < 1.29 is 27.9 Å². The Morgan fingerprint density at radius 1 is 1.35 bits per heavy atom. The quantitative estimate of drug-likeness (QED) is 0.798. The summed E-state index contributed by atoms with van der Waals surface area (Å²) in [5.41, 5.74) is -0.162. The van der Waals surface area contributed by atoms with Crippen LogP contribution < -0.4 is 5.32 Å². The second-order valence-electron chi connectivity index (χ2n) is 5.10. The second-order valence-corrected chi connectivity index (χ2v) is 7.29. The van der Waals surface area contributed by atoms with E-state index >= 15 is 0 Å². The van der Waals surface area contributed by atoms with Crippen LogP contribution in [-0.2, 0) is 26.5 Å². The minimum Gasteiger partial charge on any atom is -0.471 e. The Balaban J connectivity index is 2.21. The van der Waals surface area contributed by atoms with Gasteiger partial charge in [0.1, 0.15) is 12.2 Å². The number of benzene rings is 1. The van der Waals surface area contributed by atoms with Crippen LogP contribution >= 0.6 is 11.6 Å². The van der Waals surface area contributed by atoms with E-state index in [1.54, 1.807) is 0 Å². The number of aryl methyl sites for hydroxylation is 1. The van der Waals surface area contributed by atoms with Gasteiger partial charge in [-0.25, -0.2) is 13.2 Å². The van der Waals surface area contributed by atoms with Gasteiger partial charge in [0, 0.05) is 7.05 Å².